The summed E-state index contributed by atoms with van der Waals surface area (Å²) in [5.74, 6) is -8.74. The number of methoxy groups -OCH3 is 1. The van der Waals surface area contributed by atoms with Crippen LogP contribution >= 0.6 is 0 Å². The predicted molar refractivity (Wildman–Crippen MR) is 56.5 cm³/mol. The van der Waals surface area contributed by atoms with Gasteiger partial charge in [-0.1, -0.05) is 0 Å². The first-order chi connectivity index (χ1) is 8.92. The molecule has 106 valence electrons. The molecule has 2 N–H and O–H groups in total. The number of hydrogen-bond acceptors (Lipinski definition) is 3. The molecule has 0 fully saturated rings. The van der Waals surface area contributed by atoms with E-state index in [4.69, 9.17) is 5.11 Å². The van der Waals surface area contributed by atoms with Gasteiger partial charge >= 0.3 is 0 Å². The number of carbonyl (C=O) groups is 1. The minimum Gasteiger partial charge on any atom is -0.394 e. The smallest absolute Gasteiger partial charge is 0.254 e. The van der Waals surface area contributed by atoms with Crippen molar-refractivity contribution in [1.82, 2.24) is 5.32 Å². The Balaban J connectivity index is 3.00. The summed E-state index contributed by atoms with van der Waals surface area (Å²) in [5, 5.41) is 11.0. The quantitative estimate of drug-likeness (QED) is 0.480. The van der Waals surface area contributed by atoms with Crippen molar-refractivity contribution in [3.8, 4) is 0 Å². The number of nitrogens with one attached hydrogen (secondary N) is 1. The first-order valence-electron chi connectivity index (χ1n) is 5.16. The predicted octanol–water partition coefficient (Wildman–Crippen LogP) is 0.980. The molecule has 1 aromatic rings. The molecule has 0 heterocycles. The largest absolute Gasteiger partial charge is 0.394 e. The number of aliphatic hydroxyl groups excluding tert-OH is 1. The van der Waals surface area contributed by atoms with E-state index in [1.54, 1.807) is 0 Å². The highest BCUT2D eigenvalue weighted by atomic mass is 19.2. The van der Waals surface area contributed by atoms with Gasteiger partial charge in [-0.05, 0) is 6.07 Å². The Morgan fingerprint density at radius 2 is 1.95 bits per heavy atom. The summed E-state index contributed by atoms with van der Waals surface area (Å²) in [4.78, 5) is 11.6. The Labute approximate surface area is 106 Å². The molecular formula is C11H11F4NO3. The van der Waals surface area contributed by atoms with Crippen LogP contribution in [0.2, 0.25) is 0 Å². The van der Waals surface area contributed by atoms with Crippen molar-refractivity contribution >= 4 is 5.91 Å². The summed E-state index contributed by atoms with van der Waals surface area (Å²) in [6.45, 7) is -0.608. The minimum absolute atomic E-state index is 0.0873. The van der Waals surface area contributed by atoms with Crippen LogP contribution in [0.15, 0.2) is 6.07 Å². The molecular weight excluding hydrogens is 270 g/mol. The highest BCUT2D eigenvalue weighted by Gasteiger charge is 2.24. The van der Waals surface area contributed by atoms with Gasteiger partial charge < -0.3 is 15.2 Å². The van der Waals surface area contributed by atoms with E-state index in [0.717, 1.165) is 0 Å². The summed E-state index contributed by atoms with van der Waals surface area (Å²) >= 11 is 0. The second kappa shape index (κ2) is 6.48. The summed E-state index contributed by atoms with van der Waals surface area (Å²) in [6, 6.07) is -0.641. The molecule has 0 saturated heterocycles. The average molecular weight is 281 g/mol. The number of ether oxygens (including phenoxy) is 1. The van der Waals surface area contributed by atoms with E-state index < -0.39 is 47.4 Å². The highest BCUT2D eigenvalue weighted by molar-refractivity contribution is 5.94. The van der Waals surface area contributed by atoms with Gasteiger partial charge in [0.05, 0.1) is 24.8 Å². The lowest BCUT2D eigenvalue weighted by atomic mass is 10.1. The van der Waals surface area contributed by atoms with Crippen molar-refractivity contribution in [3.63, 3.8) is 0 Å². The molecule has 1 rings (SSSR count). The van der Waals surface area contributed by atoms with Gasteiger partial charge in [0.2, 0.25) is 0 Å². The lowest BCUT2D eigenvalue weighted by molar-refractivity contribution is 0.0834. The molecule has 1 atom stereocenters. The fourth-order valence-corrected chi connectivity index (χ4v) is 1.34. The molecule has 0 aliphatic rings. The van der Waals surface area contributed by atoms with Gasteiger partial charge in [-0.15, -0.1) is 0 Å². The maximum atomic E-state index is 13.3. The standard InChI is InChI=1S/C11H11F4NO3/c1-19-4-5(3-17)16-11(18)6-2-7(12)9(14)10(15)8(6)13/h2,5,17H,3-4H2,1H3,(H,16,18). The lowest BCUT2D eigenvalue weighted by Gasteiger charge is -2.15. The van der Waals surface area contributed by atoms with Crippen LogP contribution in [0.25, 0.3) is 0 Å². The molecule has 0 aromatic heterocycles. The number of rotatable bonds is 5. The van der Waals surface area contributed by atoms with E-state index in [-0.39, 0.29) is 12.7 Å². The Bertz CT molecular complexity index is 481. The molecule has 8 heteroatoms. The lowest BCUT2D eigenvalue weighted by Crippen LogP contribution is -2.41. The van der Waals surface area contributed by atoms with Crippen molar-refractivity contribution in [2.75, 3.05) is 20.3 Å². The van der Waals surface area contributed by atoms with Crippen LogP contribution < -0.4 is 5.32 Å². The highest BCUT2D eigenvalue weighted by Crippen LogP contribution is 2.18. The topological polar surface area (TPSA) is 58.6 Å². The Kier molecular flexibility index (Phi) is 5.25. The molecule has 0 bridgehead atoms. The van der Waals surface area contributed by atoms with Crippen molar-refractivity contribution < 1.29 is 32.2 Å². The molecule has 19 heavy (non-hydrogen) atoms. The minimum atomic E-state index is -2.07. The zero-order chi connectivity index (χ0) is 14.6. The third-order valence-electron chi connectivity index (χ3n) is 2.27. The molecule has 1 unspecified atom stereocenters. The van der Waals surface area contributed by atoms with Gasteiger partial charge in [-0.3, -0.25) is 4.79 Å². The van der Waals surface area contributed by atoms with Gasteiger partial charge in [0, 0.05) is 7.11 Å². The fourth-order valence-electron chi connectivity index (χ4n) is 1.34. The van der Waals surface area contributed by atoms with E-state index in [1.807, 2.05) is 0 Å². The zero-order valence-corrected chi connectivity index (χ0v) is 9.84. The number of hydrogen-bond donors (Lipinski definition) is 2. The van der Waals surface area contributed by atoms with Crippen LogP contribution in [0.5, 0.6) is 0 Å². The maximum Gasteiger partial charge on any atom is 0.254 e. The van der Waals surface area contributed by atoms with Crippen LogP contribution in [0.4, 0.5) is 17.6 Å². The van der Waals surface area contributed by atoms with Crippen LogP contribution in [0.1, 0.15) is 10.4 Å². The monoisotopic (exact) mass is 281 g/mol. The van der Waals surface area contributed by atoms with E-state index in [1.165, 1.54) is 7.11 Å². The molecule has 4 nitrogen and oxygen atoms in total. The number of benzene rings is 1. The first kappa shape index (κ1) is 15.4. The van der Waals surface area contributed by atoms with Crippen LogP contribution in [-0.4, -0.2) is 37.4 Å². The van der Waals surface area contributed by atoms with Crippen molar-refractivity contribution in [2.45, 2.75) is 6.04 Å². The van der Waals surface area contributed by atoms with E-state index >= 15 is 0 Å². The fraction of sp³-hybridized carbons (Fsp3) is 0.364. The maximum absolute atomic E-state index is 13.3. The third kappa shape index (κ3) is 3.42. The van der Waals surface area contributed by atoms with E-state index in [2.05, 4.69) is 10.1 Å². The SMILES string of the molecule is COCC(CO)NC(=O)c1cc(F)c(F)c(F)c1F. The van der Waals surface area contributed by atoms with Crippen LogP contribution in [-0.2, 0) is 4.74 Å². The molecule has 0 spiro atoms. The van der Waals surface area contributed by atoms with Gasteiger partial charge in [0.25, 0.3) is 5.91 Å². The first-order valence-corrected chi connectivity index (χ1v) is 5.16. The Morgan fingerprint density at radius 3 is 2.47 bits per heavy atom. The summed E-state index contributed by atoms with van der Waals surface area (Å²) in [6.07, 6.45) is 0. The number of carbonyl (C=O) groups excluding carboxylic acids is 1. The normalized spacial score (nSPS) is 12.3. The molecule has 0 aliphatic carbocycles. The Morgan fingerprint density at radius 1 is 1.32 bits per heavy atom. The molecule has 1 amide bonds. The van der Waals surface area contributed by atoms with Gasteiger partial charge in [0.1, 0.15) is 0 Å². The van der Waals surface area contributed by atoms with Crippen molar-refractivity contribution in [1.29, 1.82) is 0 Å². The number of amides is 1. The summed E-state index contributed by atoms with van der Waals surface area (Å²) in [7, 11) is 1.30. The average Bonchev–Trinajstić information content (AvgIpc) is 2.39. The van der Waals surface area contributed by atoms with Crippen molar-refractivity contribution in [2.24, 2.45) is 0 Å². The second-order valence-corrected chi connectivity index (χ2v) is 3.66. The number of aliphatic hydroxyl groups is 1. The van der Waals surface area contributed by atoms with Crippen LogP contribution in [0, 0.1) is 23.3 Å². The summed E-state index contributed by atoms with van der Waals surface area (Å²) in [5.41, 5.74) is -0.994. The third-order valence-corrected chi connectivity index (χ3v) is 2.27. The molecule has 0 saturated carbocycles. The van der Waals surface area contributed by atoms with Crippen LogP contribution in [0.3, 0.4) is 0 Å². The van der Waals surface area contributed by atoms with E-state index in [0.29, 0.717) is 0 Å². The van der Waals surface area contributed by atoms with Crippen molar-refractivity contribution in [3.05, 3.63) is 34.9 Å². The van der Waals surface area contributed by atoms with Gasteiger partial charge in [-0.25, -0.2) is 17.6 Å². The molecule has 0 aliphatic heterocycles. The Hall–Kier alpha value is -1.67. The second-order valence-electron chi connectivity index (χ2n) is 3.66. The molecule has 1 aromatic carbocycles. The number of halogens is 4. The summed E-state index contributed by atoms with van der Waals surface area (Å²) < 4.78 is 56.5. The van der Waals surface area contributed by atoms with Gasteiger partial charge in [-0.2, -0.15) is 0 Å². The van der Waals surface area contributed by atoms with Gasteiger partial charge in [0.15, 0.2) is 23.3 Å². The zero-order valence-electron chi connectivity index (χ0n) is 9.84. The molecule has 0 radical (unpaired) electrons. The van der Waals surface area contributed by atoms with E-state index in [9.17, 15) is 22.4 Å².